The van der Waals surface area contributed by atoms with Gasteiger partial charge in [-0.1, -0.05) is 5.92 Å². The van der Waals surface area contributed by atoms with Gasteiger partial charge in [-0.15, -0.1) is 0 Å². The second kappa shape index (κ2) is 9.42. The van der Waals surface area contributed by atoms with E-state index in [1.807, 2.05) is 0 Å². The molecule has 0 aromatic carbocycles. The number of likely N-dealkylation sites (tertiary alicyclic amines) is 1. The number of rotatable bonds is 4. The van der Waals surface area contributed by atoms with Gasteiger partial charge >= 0.3 is 6.18 Å². The summed E-state index contributed by atoms with van der Waals surface area (Å²) in [5.74, 6) is 5.60. The number of carbonyl (C=O) groups is 1. The van der Waals surface area contributed by atoms with Crippen molar-refractivity contribution in [2.45, 2.75) is 25.4 Å². The van der Waals surface area contributed by atoms with E-state index in [9.17, 15) is 18.0 Å². The first kappa shape index (κ1) is 24.1. The Morgan fingerprint density at radius 2 is 1.97 bits per heavy atom. The number of nitrogens with two attached hydrogens (primary N) is 1. The van der Waals surface area contributed by atoms with Gasteiger partial charge in [0.05, 0.1) is 23.0 Å². The van der Waals surface area contributed by atoms with E-state index < -0.39 is 11.7 Å². The summed E-state index contributed by atoms with van der Waals surface area (Å²) in [6, 6.07) is 6.66. The molecule has 1 unspecified atom stereocenters. The Kier molecular flexibility index (Phi) is 6.12. The van der Waals surface area contributed by atoms with E-state index in [2.05, 4.69) is 26.8 Å². The van der Waals surface area contributed by atoms with Crippen LogP contribution in [0.5, 0.6) is 11.6 Å². The number of carbonyl (C=O) groups excluding carboxylic acids is 1. The molecule has 12 heteroatoms. The molecular weight excluding hydrogens is 487 g/mol. The molecule has 9 nitrogen and oxygen atoms in total. The average molecular weight is 507 g/mol. The van der Waals surface area contributed by atoms with E-state index in [1.165, 1.54) is 6.20 Å². The smallest absolute Gasteiger partial charge is 0.416 e. The zero-order valence-corrected chi connectivity index (χ0v) is 19.5. The van der Waals surface area contributed by atoms with E-state index in [1.54, 1.807) is 40.6 Å². The van der Waals surface area contributed by atoms with Gasteiger partial charge in [-0.2, -0.15) is 13.2 Å². The summed E-state index contributed by atoms with van der Waals surface area (Å²) >= 11 is 0. The maximum atomic E-state index is 13.0. The van der Waals surface area contributed by atoms with Crippen LogP contribution in [-0.4, -0.2) is 48.2 Å². The molecule has 1 atom stereocenters. The number of imidazole rings is 1. The second-order valence-corrected chi connectivity index (χ2v) is 8.32. The maximum Gasteiger partial charge on any atom is 0.416 e. The standard InChI is InChI=1S/C25H20F3N7O2/c1-2-3-21(36)34-11-8-15(14-34)22-19-7-10-31-24(29)35(19)23(33-22)18-5-4-17(13-32-18)37-20-12-16(6-9-30-20)25(26,27)28/h4-7,9-10,12-13,15H,8,11,14H2,1H3,(H2,29,31). The Morgan fingerprint density at radius 1 is 1.16 bits per heavy atom. The van der Waals surface area contributed by atoms with Crippen molar-refractivity contribution in [2.24, 2.45) is 0 Å². The monoisotopic (exact) mass is 507 g/mol. The Hall–Kier alpha value is -4.66. The van der Waals surface area contributed by atoms with Gasteiger partial charge in [0.1, 0.15) is 11.4 Å². The topological polar surface area (TPSA) is 112 Å². The summed E-state index contributed by atoms with van der Waals surface area (Å²) in [6.45, 7) is 2.67. The fraction of sp³-hybridized carbons (Fsp3) is 0.240. The van der Waals surface area contributed by atoms with Gasteiger partial charge in [0.25, 0.3) is 5.91 Å². The SMILES string of the molecule is CC#CC(=O)N1CCC(c2nc(-c3ccc(Oc4cc(C(F)(F)F)ccn4)cn3)n3c(N)nccc23)C1. The van der Waals surface area contributed by atoms with Gasteiger partial charge in [0.2, 0.25) is 11.8 Å². The lowest BCUT2D eigenvalue weighted by Gasteiger charge is -2.12. The highest BCUT2D eigenvalue weighted by molar-refractivity contribution is 5.93. The third-order valence-electron chi connectivity index (χ3n) is 5.95. The van der Waals surface area contributed by atoms with Crippen molar-refractivity contribution >= 4 is 17.4 Å². The van der Waals surface area contributed by atoms with Crippen LogP contribution in [0.3, 0.4) is 0 Å². The fourth-order valence-corrected chi connectivity index (χ4v) is 4.25. The molecule has 4 aromatic rings. The maximum absolute atomic E-state index is 13.0. The Balaban J connectivity index is 1.44. The molecule has 0 aliphatic carbocycles. The van der Waals surface area contributed by atoms with Gasteiger partial charge < -0.3 is 15.4 Å². The number of ether oxygens (including phenoxy) is 1. The molecule has 188 valence electrons. The van der Waals surface area contributed by atoms with Gasteiger partial charge in [-0.25, -0.2) is 19.9 Å². The van der Waals surface area contributed by atoms with Crippen LogP contribution in [0.1, 0.15) is 30.5 Å². The molecule has 1 aliphatic rings. The first-order chi connectivity index (χ1) is 17.7. The Morgan fingerprint density at radius 3 is 2.70 bits per heavy atom. The van der Waals surface area contributed by atoms with E-state index in [0.29, 0.717) is 24.6 Å². The number of nitrogens with zero attached hydrogens (tertiary/aromatic N) is 6. The molecule has 1 fully saturated rings. The van der Waals surface area contributed by atoms with E-state index in [4.69, 9.17) is 15.5 Å². The average Bonchev–Trinajstić information content (AvgIpc) is 3.51. The summed E-state index contributed by atoms with van der Waals surface area (Å²) < 4.78 is 46.1. The molecule has 4 aromatic heterocycles. The number of nitrogen functional groups attached to an aromatic ring is 1. The number of pyridine rings is 2. The van der Waals surface area contributed by atoms with Crippen molar-refractivity contribution in [1.29, 1.82) is 0 Å². The summed E-state index contributed by atoms with van der Waals surface area (Å²) in [4.78, 5) is 31.1. The summed E-state index contributed by atoms with van der Waals surface area (Å²) in [7, 11) is 0. The fourth-order valence-electron chi connectivity index (χ4n) is 4.25. The molecule has 0 radical (unpaired) electrons. The zero-order valence-electron chi connectivity index (χ0n) is 19.5. The van der Waals surface area contributed by atoms with Crippen molar-refractivity contribution in [2.75, 3.05) is 18.8 Å². The van der Waals surface area contributed by atoms with E-state index in [-0.39, 0.29) is 29.4 Å². The van der Waals surface area contributed by atoms with Crippen LogP contribution in [0.2, 0.25) is 0 Å². The molecule has 0 saturated carbocycles. The molecule has 1 amide bonds. The zero-order chi connectivity index (χ0) is 26.2. The van der Waals surface area contributed by atoms with E-state index in [0.717, 1.165) is 36.0 Å². The van der Waals surface area contributed by atoms with Crippen LogP contribution in [0, 0.1) is 11.8 Å². The van der Waals surface area contributed by atoms with Crippen LogP contribution >= 0.6 is 0 Å². The number of alkyl halides is 3. The first-order valence-electron chi connectivity index (χ1n) is 11.3. The molecule has 0 spiro atoms. The van der Waals surface area contributed by atoms with Crippen molar-refractivity contribution in [3.05, 3.63) is 60.2 Å². The summed E-state index contributed by atoms with van der Waals surface area (Å²) in [6.07, 6.45) is 0.191. The number of aromatic nitrogens is 5. The number of fused-ring (bicyclic) bond motifs is 1. The van der Waals surface area contributed by atoms with Crippen LogP contribution in [0.25, 0.3) is 17.0 Å². The molecule has 0 bridgehead atoms. The van der Waals surface area contributed by atoms with Gasteiger partial charge in [0.15, 0.2) is 5.82 Å². The third-order valence-corrected chi connectivity index (χ3v) is 5.95. The highest BCUT2D eigenvalue weighted by Gasteiger charge is 2.32. The largest absolute Gasteiger partial charge is 0.437 e. The number of hydrogen-bond acceptors (Lipinski definition) is 7. The highest BCUT2D eigenvalue weighted by Crippen LogP contribution is 2.34. The predicted octanol–water partition coefficient (Wildman–Crippen LogP) is 3.92. The normalized spacial score (nSPS) is 15.5. The van der Waals surface area contributed by atoms with Gasteiger partial charge in [0, 0.05) is 37.5 Å². The summed E-state index contributed by atoms with van der Waals surface area (Å²) in [5, 5.41) is 0. The molecule has 5 rings (SSSR count). The Bertz CT molecular complexity index is 1540. The Labute approximate surface area is 209 Å². The molecule has 1 aliphatic heterocycles. The lowest BCUT2D eigenvalue weighted by Crippen LogP contribution is -2.26. The van der Waals surface area contributed by atoms with Crippen molar-refractivity contribution in [3.8, 4) is 35.0 Å². The minimum absolute atomic E-state index is 0.0252. The van der Waals surface area contributed by atoms with Crippen LogP contribution in [0.15, 0.2) is 48.9 Å². The van der Waals surface area contributed by atoms with E-state index >= 15 is 0 Å². The van der Waals surface area contributed by atoms with Gasteiger partial charge in [-0.3, -0.25) is 9.20 Å². The van der Waals surface area contributed by atoms with Crippen LogP contribution < -0.4 is 10.5 Å². The lowest BCUT2D eigenvalue weighted by atomic mass is 10.0. The van der Waals surface area contributed by atoms with Gasteiger partial charge in [-0.05, 0) is 43.5 Å². The van der Waals surface area contributed by atoms with Crippen LogP contribution in [-0.2, 0) is 11.0 Å². The number of halogens is 3. The highest BCUT2D eigenvalue weighted by atomic mass is 19.4. The predicted molar refractivity (Wildman–Crippen MR) is 127 cm³/mol. The number of anilines is 1. The second-order valence-electron chi connectivity index (χ2n) is 8.32. The van der Waals surface area contributed by atoms with Crippen LogP contribution in [0.4, 0.5) is 19.1 Å². The minimum Gasteiger partial charge on any atom is -0.437 e. The van der Waals surface area contributed by atoms with Crippen molar-refractivity contribution in [1.82, 2.24) is 29.2 Å². The number of amides is 1. The molecule has 37 heavy (non-hydrogen) atoms. The first-order valence-corrected chi connectivity index (χ1v) is 11.3. The van der Waals surface area contributed by atoms with Crippen molar-refractivity contribution in [3.63, 3.8) is 0 Å². The quantitative estimate of drug-likeness (QED) is 0.417. The third kappa shape index (κ3) is 4.75. The molecule has 1 saturated heterocycles. The molecule has 2 N–H and O–H groups in total. The minimum atomic E-state index is -4.51. The summed E-state index contributed by atoms with van der Waals surface area (Å²) in [5.41, 5.74) is 7.28. The van der Waals surface area contributed by atoms with Crippen molar-refractivity contribution < 1.29 is 22.7 Å². The molecular formula is C25H20F3N7O2. The lowest BCUT2D eigenvalue weighted by molar-refractivity contribution is -0.137. The number of hydrogen-bond donors (Lipinski definition) is 1. The molecule has 5 heterocycles.